The average Bonchev–Trinajstić information content (AvgIpc) is 2.58. The third-order valence-corrected chi connectivity index (χ3v) is 3.53. The molecule has 1 unspecified atom stereocenters. The lowest BCUT2D eigenvalue weighted by Gasteiger charge is -2.02. The molecule has 132 valence electrons. The summed E-state index contributed by atoms with van der Waals surface area (Å²) >= 11 is 0. The molecule has 0 aliphatic rings. The first-order chi connectivity index (χ1) is 11.2. The fourth-order valence-electron chi connectivity index (χ4n) is 2.05. The monoisotopic (exact) mass is 324 g/mol. The molecule has 4 nitrogen and oxygen atoms in total. The van der Waals surface area contributed by atoms with Gasteiger partial charge in [-0.1, -0.05) is 62.6 Å². The van der Waals surface area contributed by atoms with E-state index in [4.69, 9.17) is 5.26 Å². The van der Waals surface area contributed by atoms with Gasteiger partial charge in [-0.2, -0.15) is 0 Å². The SMILES string of the molecule is CCC(C=CC=CCC=CCCCCCCCC(=O)OC)OO. The van der Waals surface area contributed by atoms with Crippen LogP contribution in [0.15, 0.2) is 36.5 Å². The topological polar surface area (TPSA) is 55.8 Å². The summed E-state index contributed by atoms with van der Waals surface area (Å²) in [6.45, 7) is 1.96. The van der Waals surface area contributed by atoms with E-state index in [2.05, 4.69) is 27.9 Å². The first kappa shape index (κ1) is 21.6. The van der Waals surface area contributed by atoms with Crippen LogP contribution in [-0.2, 0) is 14.4 Å². The molecule has 0 saturated heterocycles. The van der Waals surface area contributed by atoms with Gasteiger partial charge >= 0.3 is 5.97 Å². The summed E-state index contributed by atoms with van der Waals surface area (Å²) in [7, 11) is 1.44. The van der Waals surface area contributed by atoms with Crippen LogP contribution in [0, 0.1) is 0 Å². The molecule has 0 fully saturated rings. The Balaban J connectivity index is 3.42. The lowest BCUT2D eigenvalue weighted by atomic mass is 10.1. The summed E-state index contributed by atoms with van der Waals surface area (Å²) in [5, 5.41) is 8.55. The zero-order chi connectivity index (χ0) is 17.2. The van der Waals surface area contributed by atoms with Crippen LogP contribution in [0.5, 0.6) is 0 Å². The van der Waals surface area contributed by atoms with Crippen molar-refractivity contribution in [1.29, 1.82) is 0 Å². The Labute approximate surface area is 140 Å². The molecular formula is C19H32O4. The zero-order valence-electron chi connectivity index (χ0n) is 14.6. The Kier molecular flexibility index (Phi) is 15.9. The highest BCUT2D eigenvalue weighted by Crippen LogP contribution is 2.08. The maximum Gasteiger partial charge on any atom is 0.305 e. The van der Waals surface area contributed by atoms with Crippen LogP contribution in [0.1, 0.15) is 64.7 Å². The molecule has 0 bridgehead atoms. The van der Waals surface area contributed by atoms with Crippen molar-refractivity contribution in [3.63, 3.8) is 0 Å². The van der Waals surface area contributed by atoms with Gasteiger partial charge in [-0.3, -0.25) is 10.1 Å². The van der Waals surface area contributed by atoms with Crippen LogP contribution >= 0.6 is 0 Å². The first-order valence-corrected chi connectivity index (χ1v) is 8.60. The van der Waals surface area contributed by atoms with E-state index < -0.39 is 0 Å². The second-order valence-corrected chi connectivity index (χ2v) is 5.45. The summed E-state index contributed by atoms with van der Waals surface area (Å²) in [4.78, 5) is 15.2. The summed E-state index contributed by atoms with van der Waals surface area (Å²) in [5.41, 5.74) is 0. The second kappa shape index (κ2) is 17.0. The Bertz CT molecular complexity index is 354. The van der Waals surface area contributed by atoms with Crippen molar-refractivity contribution in [1.82, 2.24) is 0 Å². The van der Waals surface area contributed by atoms with E-state index in [-0.39, 0.29) is 12.1 Å². The fraction of sp³-hybridized carbons (Fsp3) is 0.632. The third-order valence-electron chi connectivity index (χ3n) is 3.53. The minimum atomic E-state index is -0.220. The van der Waals surface area contributed by atoms with E-state index in [1.54, 1.807) is 0 Å². The van der Waals surface area contributed by atoms with Crippen LogP contribution in [0.2, 0.25) is 0 Å². The summed E-state index contributed by atoms with van der Waals surface area (Å²) in [6, 6.07) is 0. The zero-order valence-corrected chi connectivity index (χ0v) is 14.6. The number of allylic oxidation sites excluding steroid dienone is 5. The van der Waals surface area contributed by atoms with Gasteiger partial charge in [-0.25, -0.2) is 4.89 Å². The van der Waals surface area contributed by atoms with Crippen LogP contribution < -0.4 is 0 Å². The van der Waals surface area contributed by atoms with E-state index in [1.807, 2.05) is 25.2 Å². The molecule has 23 heavy (non-hydrogen) atoms. The van der Waals surface area contributed by atoms with Gasteiger partial charge in [0.25, 0.3) is 0 Å². The van der Waals surface area contributed by atoms with Gasteiger partial charge in [0, 0.05) is 6.42 Å². The van der Waals surface area contributed by atoms with Gasteiger partial charge in [0.05, 0.1) is 7.11 Å². The van der Waals surface area contributed by atoms with Gasteiger partial charge in [-0.15, -0.1) is 0 Å². The molecule has 4 heteroatoms. The van der Waals surface area contributed by atoms with Crippen molar-refractivity contribution in [2.75, 3.05) is 7.11 Å². The minimum absolute atomic E-state index is 0.107. The maximum absolute atomic E-state index is 10.9. The quantitative estimate of drug-likeness (QED) is 0.119. The Morgan fingerprint density at radius 1 is 1.04 bits per heavy atom. The number of ether oxygens (including phenoxy) is 1. The average molecular weight is 324 g/mol. The van der Waals surface area contributed by atoms with Crippen LogP contribution in [0.25, 0.3) is 0 Å². The van der Waals surface area contributed by atoms with E-state index in [1.165, 1.54) is 26.4 Å². The molecule has 1 N–H and O–H groups in total. The molecule has 0 aromatic heterocycles. The van der Waals surface area contributed by atoms with Gasteiger partial charge in [0.15, 0.2) is 0 Å². The first-order valence-electron chi connectivity index (χ1n) is 8.60. The van der Waals surface area contributed by atoms with Crippen LogP contribution in [-0.4, -0.2) is 24.4 Å². The molecular weight excluding hydrogens is 292 g/mol. The van der Waals surface area contributed by atoms with Gasteiger partial charge in [0.1, 0.15) is 6.10 Å². The third kappa shape index (κ3) is 15.3. The highest BCUT2D eigenvalue weighted by Gasteiger charge is 1.98. The number of carbonyl (C=O) groups excluding carboxylic acids is 1. The Morgan fingerprint density at radius 2 is 1.78 bits per heavy atom. The smallest absolute Gasteiger partial charge is 0.305 e. The number of unbranched alkanes of at least 4 members (excludes halogenated alkanes) is 5. The summed E-state index contributed by atoms with van der Waals surface area (Å²) < 4.78 is 4.61. The second-order valence-electron chi connectivity index (χ2n) is 5.45. The predicted octanol–water partition coefficient (Wildman–Crippen LogP) is 5.22. The van der Waals surface area contributed by atoms with Crippen molar-refractivity contribution in [2.24, 2.45) is 0 Å². The van der Waals surface area contributed by atoms with E-state index >= 15 is 0 Å². The van der Waals surface area contributed by atoms with Crippen molar-refractivity contribution < 1.29 is 19.7 Å². The Hall–Kier alpha value is -1.39. The number of esters is 1. The molecule has 0 heterocycles. The number of hydrogen-bond donors (Lipinski definition) is 1. The molecule has 0 aromatic rings. The molecule has 1 atom stereocenters. The number of hydrogen-bond acceptors (Lipinski definition) is 4. The predicted molar refractivity (Wildman–Crippen MR) is 94.2 cm³/mol. The molecule has 0 amide bonds. The minimum Gasteiger partial charge on any atom is -0.469 e. The van der Waals surface area contributed by atoms with Gasteiger partial charge in [0.2, 0.25) is 0 Å². The maximum atomic E-state index is 10.9. The standard InChI is InChI=1S/C19H32O4/c1-3-18(23-21)16-14-12-10-8-6-4-5-7-9-11-13-15-17-19(20)22-2/h4,6,10,12,14,16,18,21H,3,5,7-9,11,13,15,17H2,1-2H3. The van der Waals surface area contributed by atoms with Gasteiger partial charge in [-0.05, 0) is 32.1 Å². The fourth-order valence-corrected chi connectivity index (χ4v) is 2.05. The molecule has 0 spiro atoms. The highest BCUT2D eigenvalue weighted by molar-refractivity contribution is 5.68. The highest BCUT2D eigenvalue weighted by atomic mass is 17.1. The summed E-state index contributed by atoms with van der Waals surface area (Å²) in [6.07, 6.45) is 20.9. The molecule has 0 aliphatic heterocycles. The Morgan fingerprint density at radius 3 is 2.48 bits per heavy atom. The molecule has 0 rings (SSSR count). The van der Waals surface area contributed by atoms with E-state index in [0.29, 0.717) is 6.42 Å². The van der Waals surface area contributed by atoms with Crippen LogP contribution in [0.3, 0.4) is 0 Å². The van der Waals surface area contributed by atoms with E-state index in [0.717, 1.165) is 32.1 Å². The van der Waals surface area contributed by atoms with E-state index in [9.17, 15) is 4.79 Å². The molecule has 0 aliphatic carbocycles. The number of rotatable bonds is 14. The van der Waals surface area contributed by atoms with Gasteiger partial charge < -0.3 is 4.74 Å². The molecule has 0 aromatic carbocycles. The lowest BCUT2D eigenvalue weighted by Crippen LogP contribution is -2.03. The number of methoxy groups -OCH3 is 1. The van der Waals surface area contributed by atoms with Crippen molar-refractivity contribution >= 4 is 5.97 Å². The van der Waals surface area contributed by atoms with Crippen molar-refractivity contribution in [3.8, 4) is 0 Å². The number of carbonyl (C=O) groups is 1. The van der Waals surface area contributed by atoms with Crippen LogP contribution in [0.4, 0.5) is 0 Å². The molecule has 0 radical (unpaired) electrons. The van der Waals surface area contributed by atoms with Crippen molar-refractivity contribution in [2.45, 2.75) is 70.8 Å². The lowest BCUT2D eigenvalue weighted by molar-refractivity contribution is -0.266. The normalized spacial score (nSPS) is 13.3. The largest absolute Gasteiger partial charge is 0.469 e. The summed E-state index contributed by atoms with van der Waals surface area (Å²) in [5.74, 6) is -0.107. The molecule has 0 saturated carbocycles. The van der Waals surface area contributed by atoms with Crippen molar-refractivity contribution in [3.05, 3.63) is 36.5 Å².